The zero-order valence-corrected chi connectivity index (χ0v) is 15.9. The molecule has 26 heavy (non-hydrogen) atoms. The number of aromatic nitrogens is 1. The van der Waals surface area contributed by atoms with Crippen LogP contribution in [-0.2, 0) is 26.0 Å². The van der Waals surface area contributed by atoms with E-state index in [0.29, 0.717) is 32.7 Å². The number of nitrogens with zero attached hydrogens (tertiary/aromatic N) is 2. The van der Waals surface area contributed by atoms with Crippen LogP contribution in [-0.4, -0.2) is 49.8 Å². The fraction of sp³-hybridized carbons (Fsp3) is 0.444. The van der Waals surface area contributed by atoms with E-state index >= 15 is 0 Å². The molecule has 0 atom stereocenters. The third kappa shape index (κ3) is 3.73. The summed E-state index contributed by atoms with van der Waals surface area (Å²) < 4.78 is 32.0. The van der Waals surface area contributed by atoms with Crippen molar-refractivity contribution in [3.8, 4) is 11.3 Å². The zero-order chi connectivity index (χ0) is 18.1. The molecule has 1 saturated heterocycles. The SMILES string of the molecule is O=C(Cc1nc(-c2ccc(S(=O)(=O)N3CCOCC3)cc2)cs1)C1CC1. The van der Waals surface area contributed by atoms with Crippen LogP contribution in [0.25, 0.3) is 11.3 Å². The number of sulfonamides is 1. The van der Waals surface area contributed by atoms with Gasteiger partial charge in [-0.15, -0.1) is 11.3 Å². The van der Waals surface area contributed by atoms with E-state index in [-0.39, 0.29) is 16.6 Å². The summed E-state index contributed by atoms with van der Waals surface area (Å²) >= 11 is 1.48. The lowest BCUT2D eigenvalue weighted by Crippen LogP contribution is -2.40. The van der Waals surface area contributed by atoms with Crippen LogP contribution >= 0.6 is 11.3 Å². The molecule has 1 aromatic heterocycles. The molecule has 6 nitrogen and oxygen atoms in total. The van der Waals surface area contributed by atoms with Crippen molar-refractivity contribution in [2.24, 2.45) is 5.92 Å². The minimum absolute atomic E-state index is 0.243. The molecular formula is C18H20N2O4S2. The highest BCUT2D eigenvalue weighted by molar-refractivity contribution is 7.89. The number of ether oxygens (including phenoxy) is 1. The Morgan fingerprint density at radius 1 is 1.19 bits per heavy atom. The van der Waals surface area contributed by atoms with Crippen LogP contribution in [0.4, 0.5) is 0 Å². The molecule has 1 saturated carbocycles. The molecule has 2 aromatic rings. The molecule has 0 radical (unpaired) electrons. The van der Waals surface area contributed by atoms with Crippen molar-refractivity contribution < 1.29 is 17.9 Å². The number of thiazole rings is 1. The molecule has 138 valence electrons. The first kappa shape index (κ1) is 17.8. The van der Waals surface area contributed by atoms with Gasteiger partial charge in [0.15, 0.2) is 0 Å². The molecule has 1 aliphatic carbocycles. The number of ketones is 1. The highest BCUT2D eigenvalue weighted by Crippen LogP contribution is 2.32. The monoisotopic (exact) mass is 392 g/mol. The Bertz CT molecular complexity index is 896. The van der Waals surface area contributed by atoms with Gasteiger partial charge in [-0.2, -0.15) is 4.31 Å². The molecule has 0 unspecified atom stereocenters. The Kier molecular flexibility index (Phi) is 4.92. The number of hydrogen-bond donors (Lipinski definition) is 0. The maximum absolute atomic E-state index is 12.6. The van der Waals surface area contributed by atoms with Crippen molar-refractivity contribution in [3.63, 3.8) is 0 Å². The van der Waals surface area contributed by atoms with E-state index in [1.54, 1.807) is 24.3 Å². The van der Waals surface area contributed by atoms with Gasteiger partial charge in [0.2, 0.25) is 10.0 Å². The molecule has 0 bridgehead atoms. The molecule has 1 aliphatic heterocycles. The van der Waals surface area contributed by atoms with Crippen LogP contribution < -0.4 is 0 Å². The van der Waals surface area contributed by atoms with Crippen LogP contribution in [0, 0.1) is 5.92 Å². The van der Waals surface area contributed by atoms with E-state index in [4.69, 9.17) is 4.74 Å². The van der Waals surface area contributed by atoms with Gasteiger partial charge in [0.05, 0.1) is 30.2 Å². The van der Waals surface area contributed by atoms with Gasteiger partial charge in [0.25, 0.3) is 0 Å². The number of rotatable bonds is 6. The van der Waals surface area contributed by atoms with Crippen LogP contribution in [0.5, 0.6) is 0 Å². The largest absolute Gasteiger partial charge is 0.379 e. The second-order valence-electron chi connectivity index (χ2n) is 6.58. The zero-order valence-electron chi connectivity index (χ0n) is 14.3. The molecular weight excluding hydrogens is 372 g/mol. The third-order valence-corrected chi connectivity index (χ3v) is 7.43. The highest BCUT2D eigenvalue weighted by Gasteiger charge is 2.30. The Hall–Kier alpha value is -1.61. The molecule has 1 aromatic carbocycles. The van der Waals surface area contributed by atoms with E-state index in [9.17, 15) is 13.2 Å². The number of morpholine rings is 1. The Morgan fingerprint density at radius 2 is 1.88 bits per heavy atom. The fourth-order valence-corrected chi connectivity index (χ4v) is 5.18. The standard InChI is InChI=1S/C18H20N2O4S2/c21-17(14-1-2-14)11-18-19-16(12-25-18)13-3-5-15(6-4-13)26(22,23)20-7-9-24-10-8-20/h3-6,12,14H,1-2,7-11H2. The molecule has 2 aliphatic rings. The quantitative estimate of drug-likeness (QED) is 0.754. The Labute approximate surface area is 156 Å². The maximum atomic E-state index is 12.6. The van der Waals surface area contributed by atoms with Crippen LogP contribution in [0.15, 0.2) is 34.5 Å². The van der Waals surface area contributed by atoms with Gasteiger partial charge in [-0.3, -0.25) is 4.79 Å². The summed E-state index contributed by atoms with van der Waals surface area (Å²) in [5.41, 5.74) is 1.64. The normalized spacial score (nSPS) is 18.8. The van der Waals surface area contributed by atoms with E-state index in [1.165, 1.54) is 15.6 Å². The first-order chi connectivity index (χ1) is 12.5. The molecule has 0 spiro atoms. The summed E-state index contributed by atoms with van der Waals surface area (Å²) in [4.78, 5) is 16.7. The van der Waals surface area contributed by atoms with Crippen molar-refractivity contribution in [2.75, 3.05) is 26.3 Å². The highest BCUT2D eigenvalue weighted by atomic mass is 32.2. The molecule has 4 rings (SSSR count). The van der Waals surface area contributed by atoms with Gasteiger partial charge >= 0.3 is 0 Å². The third-order valence-electron chi connectivity index (χ3n) is 4.67. The summed E-state index contributed by atoms with van der Waals surface area (Å²) in [7, 11) is -3.48. The Balaban J connectivity index is 1.49. The van der Waals surface area contributed by atoms with E-state index in [0.717, 1.165) is 29.1 Å². The maximum Gasteiger partial charge on any atom is 0.243 e. The van der Waals surface area contributed by atoms with E-state index in [1.807, 2.05) is 5.38 Å². The number of hydrogen-bond acceptors (Lipinski definition) is 6. The summed E-state index contributed by atoms with van der Waals surface area (Å²) in [6.45, 7) is 1.63. The first-order valence-electron chi connectivity index (χ1n) is 8.69. The predicted molar refractivity (Wildman–Crippen MR) is 98.6 cm³/mol. The average Bonchev–Trinajstić information content (AvgIpc) is 3.42. The fourth-order valence-electron chi connectivity index (χ4n) is 2.96. The Morgan fingerprint density at radius 3 is 2.54 bits per heavy atom. The smallest absolute Gasteiger partial charge is 0.243 e. The number of Topliss-reactive ketones (excluding diaryl/α,β-unsaturated/α-hetero) is 1. The summed E-state index contributed by atoms with van der Waals surface area (Å²) in [6.07, 6.45) is 2.42. The van der Waals surface area contributed by atoms with E-state index in [2.05, 4.69) is 4.98 Å². The van der Waals surface area contributed by atoms with Crippen molar-refractivity contribution in [3.05, 3.63) is 34.7 Å². The van der Waals surface area contributed by atoms with Crippen LogP contribution in [0.2, 0.25) is 0 Å². The van der Waals surface area contributed by atoms with Crippen molar-refractivity contribution in [2.45, 2.75) is 24.2 Å². The van der Waals surface area contributed by atoms with Crippen molar-refractivity contribution >= 4 is 27.1 Å². The predicted octanol–water partition coefficient (Wildman–Crippen LogP) is 2.35. The molecule has 0 amide bonds. The number of carbonyl (C=O) groups excluding carboxylic acids is 1. The van der Waals surface area contributed by atoms with Gasteiger partial charge in [-0.05, 0) is 25.0 Å². The summed E-state index contributed by atoms with van der Waals surface area (Å²) in [5.74, 6) is 0.518. The number of benzene rings is 1. The second kappa shape index (κ2) is 7.19. The minimum Gasteiger partial charge on any atom is -0.379 e. The second-order valence-corrected chi connectivity index (χ2v) is 9.47. The van der Waals surface area contributed by atoms with Crippen molar-refractivity contribution in [1.82, 2.24) is 9.29 Å². The summed E-state index contributed by atoms with van der Waals surface area (Å²) in [6, 6.07) is 6.78. The van der Waals surface area contributed by atoms with Crippen LogP contribution in [0.3, 0.4) is 0 Å². The lowest BCUT2D eigenvalue weighted by Gasteiger charge is -2.26. The average molecular weight is 393 g/mol. The van der Waals surface area contributed by atoms with Gasteiger partial charge in [0.1, 0.15) is 10.8 Å². The van der Waals surface area contributed by atoms with Gasteiger partial charge in [0, 0.05) is 30.0 Å². The van der Waals surface area contributed by atoms with Crippen LogP contribution in [0.1, 0.15) is 17.8 Å². The van der Waals surface area contributed by atoms with Gasteiger partial charge < -0.3 is 4.74 Å². The van der Waals surface area contributed by atoms with Crippen molar-refractivity contribution in [1.29, 1.82) is 0 Å². The molecule has 8 heteroatoms. The lowest BCUT2D eigenvalue weighted by atomic mass is 10.2. The lowest BCUT2D eigenvalue weighted by molar-refractivity contribution is -0.119. The molecule has 2 heterocycles. The van der Waals surface area contributed by atoms with Gasteiger partial charge in [-0.25, -0.2) is 13.4 Å². The molecule has 2 fully saturated rings. The molecule has 0 N–H and O–H groups in total. The summed E-state index contributed by atoms with van der Waals surface area (Å²) in [5, 5.41) is 2.74. The topological polar surface area (TPSA) is 76.6 Å². The van der Waals surface area contributed by atoms with Gasteiger partial charge in [-0.1, -0.05) is 12.1 Å². The first-order valence-corrected chi connectivity index (χ1v) is 11.0. The minimum atomic E-state index is -3.48. The van der Waals surface area contributed by atoms with E-state index < -0.39 is 10.0 Å². The number of carbonyl (C=O) groups is 1.